The first-order chi connectivity index (χ1) is 6.24. The number of rotatable bonds is 4. The molecule has 0 aliphatic rings. The lowest BCUT2D eigenvalue weighted by Gasteiger charge is -2.19. The van der Waals surface area contributed by atoms with Gasteiger partial charge < -0.3 is 4.79 Å². The lowest BCUT2D eigenvalue weighted by Crippen LogP contribution is -2.29. The van der Waals surface area contributed by atoms with E-state index < -0.39 is 0 Å². The van der Waals surface area contributed by atoms with E-state index in [2.05, 4.69) is 12.1 Å². The van der Waals surface area contributed by atoms with Gasteiger partial charge in [-0.1, -0.05) is 30.3 Å². The van der Waals surface area contributed by atoms with Crippen LogP contribution in [0, 0.1) is 0 Å². The molecule has 1 atom stereocenters. The molecule has 2 nitrogen and oxygen atoms in total. The maximum atomic E-state index is 10.5. The molecule has 0 saturated heterocycles. The van der Waals surface area contributed by atoms with Crippen molar-refractivity contribution >= 4 is 6.29 Å². The number of hydrogen-bond donors (Lipinski definition) is 0. The first-order valence-corrected chi connectivity index (χ1v) is 4.43. The Balaban J connectivity index is 2.54. The number of likely N-dealkylation sites (N-methyl/N-ethyl adjacent to an activating group) is 1. The van der Waals surface area contributed by atoms with Crippen molar-refractivity contribution in [2.45, 2.75) is 19.5 Å². The van der Waals surface area contributed by atoms with Gasteiger partial charge in [0.15, 0.2) is 0 Å². The second-order valence-electron chi connectivity index (χ2n) is 3.28. The van der Waals surface area contributed by atoms with Crippen molar-refractivity contribution in [3.05, 3.63) is 35.9 Å². The van der Waals surface area contributed by atoms with Crippen molar-refractivity contribution in [2.75, 3.05) is 7.05 Å². The van der Waals surface area contributed by atoms with Crippen LogP contribution >= 0.6 is 0 Å². The Morgan fingerprint density at radius 1 is 1.38 bits per heavy atom. The molecule has 13 heavy (non-hydrogen) atoms. The first-order valence-electron chi connectivity index (χ1n) is 4.43. The number of carbonyl (C=O) groups is 1. The molecule has 1 aromatic rings. The first kappa shape index (κ1) is 9.93. The van der Waals surface area contributed by atoms with Crippen molar-refractivity contribution in [3.8, 4) is 0 Å². The van der Waals surface area contributed by atoms with Crippen LogP contribution in [0.1, 0.15) is 12.5 Å². The number of nitrogens with zero attached hydrogens (tertiary/aromatic N) is 1. The zero-order valence-electron chi connectivity index (χ0n) is 8.10. The van der Waals surface area contributed by atoms with E-state index in [9.17, 15) is 4.79 Å². The van der Waals surface area contributed by atoms with E-state index in [1.54, 1.807) is 0 Å². The highest BCUT2D eigenvalue weighted by Gasteiger charge is 2.06. The largest absolute Gasteiger partial charge is 0.302 e. The van der Waals surface area contributed by atoms with Gasteiger partial charge in [0.2, 0.25) is 0 Å². The third-order valence-corrected chi connectivity index (χ3v) is 2.17. The van der Waals surface area contributed by atoms with Crippen molar-refractivity contribution in [3.63, 3.8) is 0 Å². The van der Waals surface area contributed by atoms with Crippen molar-refractivity contribution in [1.82, 2.24) is 4.90 Å². The van der Waals surface area contributed by atoms with Gasteiger partial charge in [0.25, 0.3) is 0 Å². The molecule has 0 spiro atoms. The van der Waals surface area contributed by atoms with E-state index in [0.717, 1.165) is 12.8 Å². The summed E-state index contributed by atoms with van der Waals surface area (Å²) in [6, 6.07) is 10.1. The van der Waals surface area contributed by atoms with E-state index in [-0.39, 0.29) is 6.04 Å². The van der Waals surface area contributed by atoms with E-state index in [4.69, 9.17) is 0 Å². The molecule has 0 aliphatic carbocycles. The van der Waals surface area contributed by atoms with Gasteiger partial charge in [0, 0.05) is 6.54 Å². The fraction of sp³-hybridized carbons (Fsp3) is 0.364. The summed E-state index contributed by atoms with van der Waals surface area (Å²) in [6.07, 6.45) is 0.961. The van der Waals surface area contributed by atoms with Crippen LogP contribution in [0.2, 0.25) is 0 Å². The smallest absolute Gasteiger partial charge is 0.136 e. The van der Waals surface area contributed by atoms with Gasteiger partial charge >= 0.3 is 0 Å². The minimum atomic E-state index is -0.0137. The zero-order chi connectivity index (χ0) is 9.68. The van der Waals surface area contributed by atoms with Crippen LogP contribution in [0.25, 0.3) is 0 Å². The summed E-state index contributed by atoms with van der Waals surface area (Å²) in [5, 5.41) is 0. The minimum absolute atomic E-state index is 0.0137. The van der Waals surface area contributed by atoms with Crippen LogP contribution in [-0.4, -0.2) is 24.3 Å². The van der Waals surface area contributed by atoms with Crippen molar-refractivity contribution in [1.29, 1.82) is 0 Å². The highest BCUT2D eigenvalue weighted by molar-refractivity contribution is 5.56. The zero-order valence-corrected chi connectivity index (χ0v) is 8.10. The third-order valence-electron chi connectivity index (χ3n) is 2.17. The Morgan fingerprint density at radius 3 is 2.54 bits per heavy atom. The van der Waals surface area contributed by atoms with Gasteiger partial charge in [0.05, 0.1) is 6.04 Å². The maximum absolute atomic E-state index is 10.5. The molecule has 0 fully saturated rings. The fourth-order valence-electron chi connectivity index (χ4n) is 1.12. The summed E-state index contributed by atoms with van der Waals surface area (Å²) in [4.78, 5) is 12.5. The lowest BCUT2D eigenvalue weighted by molar-refractivity contribution is -0.111. The molecule has 0 aromatic heterocycles. The Kier molecular flexibility index (Phi) is 3.65. The number of aldehydes is 1. The quantitative estimate of drug-likeness (QED) is 0.652. The summed E-state index contributed by atoms with van der Waals surface area (Å²) in [7, 11) is 1.95. The molecule has 1 unspecified atom stereocenters. The van der Waals surface area contributed by atoms with Gasteiger partial charge in [-0.25, -0.2) is 0 Å². The average Bonchev–Trinajstić information content (AvgIpc) is 2.18. The van der Waals surface area contributed by atoms with Crippen LogP contribution < -0.4 is 0 Å². The van der Waals surface area contributed by atoms with Gasteiger partial charge in [-0.2, -0.15) is 0 Å². The minimum Gasteiger partial charge on any atom is -0.302 e. The Bertz CT molecular complexity index is 258. The second-order valence-corrected chi connectivity index (χ2v) is 3.28. The van der Waals surface area contributed by atoms with Gasteiger partial charge in [0.1, 0.15) is 6.29 Å². The molecule has 0 aliphatic heterocycles. The highest BCUT2D eigenvalue weighted by atomic mass is 16.1. The summed E-state index contributed by atoms with van der Waals surface area (Å²) in [5.41, 5.74) is 1.23. The number of hydrogen-bond acceptors (Lipinski definition) is 2. The number of carbonyl (C=O) groups excluding carboxylic acids is 1. The van der Waals surface area contributed by atoms with Gasteiger partial charge in [-0.05, 0) is 19.5 Å². The van der Waals surface area contributed by atoms with Gasteiger partial charge in [-0.3, -0.25) is 4.90 Å². The Hall–Kier alpha value is -1.15. The molecule has 0 N–H and O–H groups in total. The molecule has 1 aromatic carbocycles. The van der Waals surface area contributed by atoms with E-state index in [1.807, 2.05) is 37.1 Å². The number of benzene rings is 1. The normalized spacial score (nSPS) is 12.8. The molecule has 2 heteroatoms. The van der Waals surface area contributed by atoms with Crippen LogP contribution in [0.3, 0.4) is 0 Å². The second kappa shape index (κ2) is 4.77. The lowest BCUT2D eigenvalue weighted by atomic mass is 10.2. The molecule has 70 valence electrons. The van der Waals surface area contributed by atoms with Crippen LogP contribution in [0.15, 0.2) is 30.3 Å². The predicted molar refractivity (Wildman–Crippen MR) is 53.4 cm³/mol. The Labute approximate surface area is 79.2 Å². The average molecular weight is 177 g/mol. The highest BCUT2D eigenvalue weighted by Crippen LogP contribution is 2.04. The molecule has 0 saturated carbocycles. The van der Waals surface area contributed by atoms with Crippen LogP contribution in [0.4, 0.5) is 0 Å². The molecule has 1 rings (SSSR count). The van der Waals surface area contributed by atoms with Gasteiger partial charge in [-0.15, -0.1) is 0 Å². The monoisotopic (exact) mass is 177 g/mol. The predicted octanol–water partition coefficient (Wildman–Crippen LogP) is 1.71. The summed E-state index contributed by atoms with van der Waals surface area (Å²) >= 11 is 0. The van der Waals surface area contributed by atoms with E-state index in [0.29, 0.717) is 0 Å². The summed E-state index contributed by atoms with van der Waals surface area (Å²) in [5.74, 6) is 0. The Morgan fingerprint density at radius 2 is 2.00 bits per heavy atom. The third kappa shape index (κ3) is 2.99. The maximum Gasteiger partial charge on any atom is 0.136 e. The molecular weight excluding hydrogens is 162 g/mol. The van der Waals surface area contributed by atoms with Crippen LogP contribution in [-0.2, 0) is 11.3 Å². The standard InChI is InChI=1S/C11H15NO/c1-10(9-13)12(2)8-11-6-4-3-5-7-11/h3-7,9-10H,8H2,1-2H3. The molecule has 0 amide bonds. The van der Waals surface area contributed by atoms with E-state index in [1.165, 1.54) is 5.56 Å². The SMILES string of the molecule is CC(C=O)N(C)Cc1ccccc1. The molecular formula is C11H15NO. The van der Waals surface area contributed by atoms with E-state index >= 15 is 0 Å². The fourth-order valence-corrected chi connectivity index (χ4v) is 1.12. The van der Waals surface area contributed by atoms with Crippen molar-refractivity contribution < 1.29 is 4.79 Å². The van der Waals surface area contributed by atoms with Crippen LogP contribution in [0.5, 0.6) is 0 Å². The summed E-state index contributed by atoms with van der Waals surface area (Å²) < 4.78 is 0. The summed E-state index contributed by atoms with van der Waals surface area (Å²) in [6.45, 7) is 2.72. The molecule has 0 bridgehead atoms. The van der Waals surface area contributed by atoms with Crippen molar-refractivity contribution in [2.24, 2.45) is 0 Å². The molecule has 0 radical (unpaired) electrons. The molecule has 0 heterocycles. The topological polar surface area (TPSA) is 20.3 Å².